The van der Waals surface area contributed by atoms with Gasteiger partial charge in [-0.3, -0.25) is 0 Å². The summed E-state index contributed by atoms with van der Waals surface area (Å²) in [5.41, 5.74) is 12.6. The highest BCUT2D eigenvalue weighted by Crippen LogP contribution is 2.40. The molecule has 0 fully saturated rings. The average molecular weight is 443 g/mol. The van der Waals surface area contributed by atoms with Crippen LogP contribution >= 0.6 is 0 Å². The van der Waals surface area contributed by atoms with E-state index in [4.69, 9.17) is 10.2 Å². The number of fused-ring (bicyclic) bond motifs is 2. The minimum atomic E-state index is 0.713. The molecule has 0 bridgehead atoms. The number of aryl methyl sites for hydroxylation is 1. The third kappa shape index (κ3) is 5.12. The van der Waals surface area contributed by atoms with Crippen molar-refractivity contribution in [3.05, 3.63) is 71.6 Å². The summed E-state index contributed by atoms with van der Waals surface area (Å²) in [4.78, 5) is 2.23. The van der Waals surface area contributed by atoms with E-state index in [2.05, 4.69) is 85.9 Å². The van der Waals surface area contributed by atoms with Crippen LogP contribution in [-0.4, -0.2) is 38.6 Å². The molecule has 4 nitrogen and oxygen atoms in total. The van der Waals surface area contributed by atoms with Gasteiger partial charge < -0.3 is 15.1 Å². The Morgan fingerprint density at radius 1 is 0.939 bits per heavy atom. The van der Waals surface area contributed by atoms with Gasteiger partial charge in [-0.1, -0.05) is 37.6 Å². The largest absolute Gasteiger partial charge is 0.456 e. The van der Waals surface area contributed by atoms with Crippen molar-refractivity contribution in [1.29, 1.82) is 0 Å². The number of hydrogen-bond donors (Lipinski definition) is 1. The first-order chi connectivity index (χ1) is 16.0. The zero-order chi connectivity index (χ0) is 23.4. The molecule has 0 radical (unpaired) electrons. The Labute approximate surface area is 197 Å². The van der Waals surface area contributed by atoms with Gasteiger partial charge in [0.05, 0.1) is 6.07 Å². The molecule has 1 heterocycles. The SMILES string of the molecule is CCCc1ccc(-c2c3ccc(=[N+](CC)CCCN(C)C)cc-3oc3cc(N)ccc23)cc1. The molecule has 0 amide bonds. The lowest BCUT2D eigenvalue weighted by Gasteiger charge is -2.16. The predicted octanol–water partition coefficient (Wildman–Crippen LogP) is 5.48. The molecule has 4 rings (SSSR count). The summed E-state index contributed by atoms with van der Waals surface area (Å²) in [6.07, 6.45) is 3.38. The van der Waals surface area contributed by atoms with Crippen LogP contribution in [0.25, 0.3) is 33.4 Å². The number of nitrogens with two attached hydrogens (primary N) is 1. The Balaban J connectivity index is 1.89. The van der Waals surface area contributed by atoms with Crippen LogP contribution in [-0.2, 0) is 6.42 Å². The molecule has 1 aliphatic carbocycles. The lowest BCUT2D eigenvalue weighted by Crippen LogP contribution is -2.32. The lowest BCUT2D eigenvalue weighted by molar-refractivity contribution is 0.387. The van der Waals surface area contributed by atoms with E-state index >= 15 is 0 Å². The first-order valence-corrected chi connectivity index (χ1v) is 12.1. The maximum Gasteiger partial charge on any atom is 0.203 e. The number of benzene rings is 3. The molecule has 2 aromatic rings. The lowest BCUT2D eigenvalue weighted by atomic mass is 9.92. The topological polar surface area (TPSA) is 45.4 Å². The van der Waals surface area contributed by atoms with Gasteiger partial charge in [-0.05, 0) is 56.8 Å². The Kier molecular flexibility index (Phi) is 7.14. The molecule has 1 aliphatic heterocycles. The fourth-order valence-corrected chi connectivity index (χ4v) is 4.58. The molecule has 172 valence electrons. The number of nitrogens with zero attached hydrogens (tertiary/aromatic N) is 2. The third-order valence-electron chi connectivity index (χ3n) is 6.29. The van der Waals surface area contributed by atoms with Crippen LogP contribution in [0.2, 0.25) is 0 Å². The molecule has 0 aromatic heterocycles. The molecule has 2 aromatic carbocycles. The Morgan fingerprint density at radius 3 is 2.42 bits per heavy atom. The number of anilines is 1. The van der Waals surface area contributed by atoms with E-state index in [1.165, 1.54) is 22.0 Å². The molecule has 33 heavy (non-hydrogen) atoms. The van der Waals surface area contributed by atoms with Crippen LogP contribution < -0.4 is 15.7 Å². The van der Waals surface area contributed by atoms with Gasteiger partial charge in [-0.25, -0.2) is 4.58 Å². The fourth-order valence-electron chi connectivity index (χ4n) is 4.58. The summed E-state index contributed by atoms with van der Waals surface area (Å²) in [6.45, 7) is 7.49. The molecule has 4 heteroatoms. The van der Waals surface area contributed by atoms with Crippen molar-refractivity contribution in [2.45, 2.75) is 33.1 Å². The highest BCUT2D eigenvalue weighted by atomic mass is 16.3. The van der Waals surface area contributed by atoms with Crippen LogP contribution in [0.4, 0.5) is 5.69 Å². The number of rotatable bonds is 8. The van der Waals surface area contributed by atoms with Gasteiger partial charge in [0, 0.05) is 47.3 Å². The summed E-state index contributed by atoms with van der Waals surface area (Å²) in [6, 6.07) is 21.6. The maximum absolute atomic E-state index is 6.41. The summed E-state index contributed by atoms with van der Waals surface area (Å²) >= 11 is 0. The van der Waals surface area contributed by atoms with Crippen molar-refractivity contribution in [1.82, 2.24) is 9.48 Å². The molecule has 0 atom stereocenters. The van der Waals surface area contributed by atoms with Gasteiger partial charge in [-0.15, -0.1) is 0 Å². The van der Waals surface area contributed by atoms with Crippen LogP contribution in [0, 0.1) is 0 Å². The standard InChI is InChI=1S/C29H35N3O/c1-5-8-21-9-11-22(12-10-21)29-25-15-13-23(30)19-27(25)33-28-20-24(14-16-26(28)29)32(6-2)18-7-17-31(3)4/h9-16,19-20,30H,5-8,17-18H2,1-4H3/p+1. The van der Waals surface area contributed by atoms with Gasteiger partial charge in [-0.2, -0.15) is 0 Å². The van der Waals surface area contributed by atoms with Gasteiger partial charge in [0.1, 0.15) is 24.4 Å². The van der Waals surface area contributed by atoms with Crippen LogP contribution in [0.15, 0.2) is 65.1 Å². The van der Waals surface area contributed by atoms with Crippen molar-refractivity contribution < 1.29 is 4.42 Å². The molecular weight excluding hydrogens is 406 g/mol. The summed E-state index contributed by atoms with van der Waals surface area (Å²) in [5.74, 6) is 0.893. The second-order valence-corrected chi connectivity index (χ2v) is 9.10. The fraction of sp³-hybridized carbons (Fsp3) is 0.345. The second-order valence-electron chi connectivity index (χ2n) is 9.10. The van der Waals surface area contributed by atoms with Gasteiger partial charge in [0.15, 0.2) is 0 Å². The van der Waals surface area contributed by atoms with E-state index in [1.54, 1.807) is 0 Å². The Hall–Kier alpha value is -3.11. The van der Waals surface area contributed by atoms with Crippen LogP contribution in [0.3, 0.4) is 0 Å². The first-order valence-electron chi connectivity index (χ1n) is 12.1. The zero-order valence-electron chi connectivity index (χ0n) is 20.4. The minimum absolute atomic E-state index is 0.713. The predicted molar refractivity (Wildman–Crippen MR) is 141 cm³/mol. The van der Waals surface area contributed by atoms with Crippen molar-refractivity contribution >= 4 is 16.7 Å². The quantitative estimate of drug-likeness (QED) is 0.223. The molecule has 2 aliphatic rings. The van der Waals surface area contributed by atoms with Gasteiger partial charge in [0.2, 0.25) is 5.36 Å². The van der Waals surface area contributed by atoms with Gasteiger partial charge >= 0.3 is 0 Å². The molecule has 0 spiro atoms. The minimum Gasteiger partial charge on any atom is -0.456 e. The Bertz CT molecular complexity index is 1270. The van der Waals surface area contributed by atoms with Crippen LogP contribution in [0.1, 0.15) is 32.3 Å². The molecular formula is C29H36N3O+. The molecule has 0 unspecified atom stereocenters. The van der Waals surface area contributed by atoms with E-state index in [-0.39, 0.29) is 0 Å². The first kappa shape index (κ1) is 23.1. The van der Waals surface area contributed by atoms with Crippen molar-refractivity contribution in [3.8, 4) is 22.5 Å². The van der Waals surface area contributed by atoms with Crippen LogP contribution in [0.5, 0.6) is 0 Å². The average Bonchev–Trinajstić information content (AvgIpc) is 2.80. The zero-order valence-corrected chi connectivity index (χ0v) is 20.4. The third-order valence-corrected chi connectivity index (χ3v) is 6.29. The van der Waals surface area contributed by atoms with Gasteiger partial charge in [0.25, 0.3) is 0 Å². The maximum atomic E-state index is 6.41. The van der Waals surface area contributed by atoms with E-state index < -0.39 is 0 Å². The molecule has 0 saturated heterocycles. The monoisotopic (exact) mass is 442 g/mol. The molecule has 2 N–H and O–H groups in total. The van der Waals surface area contributed by atoms with Crippen molar-refractivity contribution in [3.63, 3.8) is 0 Å². The summed E-state index contributed by atoms with van der Waals surface area (Å²) < 4.78 is 8.83. The van der Waals surface area contributed by atoms with E-state index in [0.29, 0.717) is 5.69 Å². The van der Waals surface area contributed by atoms with Crippen molar-refractivity contribution in [2.24, 2.45) is 0 Å². The normalized spacial score (nSPS) is 12.6. The van der Waals surface area contributed by atoms with E-state index in [9.17, 15) is 0 Å². The highest BCUT2D eigenvalue weighted by molar-refractivity contribution is 6.02. The highest BCUT2D eigenvalue weighted by Gasteiger charge is 2.18. The smallest absolute Gasteiger partial charge is 0.203 e. The number of nitrogen functional groups attached to an aromatic ring is 1. The second kappa shape index (κ2) is 10.2. The van der Waals surface area contributed by atoms with E-state index in [0.717, 1.165) is 61.2 Å². The molecule has 0 saturated carbocycles. The van der Waals surface area contributed by atoms with E-state index in [1.807, 2.05) is 12.1 Å². The summed E-state index contributed by atoms with van der Waals surface area (Å²) in [5, 5.41) is 2.28. The van der Waals surface area contributed by atoms with Crippen molar-refractivity contribution in [2.75, 3.05) is 39.5 Å². The Morgan fingerprint density at radius 2 is 1.73 bits per heavy atom. The number of hydrogen-bond acceptors (Lipinski definition) is 3. The summed E-state index contributed by atoms with van der Waals surface area (Å²) in [7, 11) is 4.25.